The molecule has 2 aromatic carbocycles. The maximum atomic E-state index is 12.4. The van der Waals surface area contributed by atoms with Gasteiger partial charge in [0, 0.05) is 12.1 Å². The van der Waals surface area contributed by atoms with Gasteiger partial charge in [-0.3, -0.25) is 4.79 Å². The van der Waals surface area contributed by atoms with Crippen LogP contribution in [-0.2, 0) is 11.2 Å². The van der Waals surface area contributed by atoms with Gasteiger partial charge in [-0.2, -0.15) is 0 Å². The topological polar surface area (TPSA) is 41.1 Å². The second kappa shape index (κ2) is 5.60. The smallest absolute Gasteiger partial charge is 0.243 e. The third-order valence-corrected chi connectivity index (χ3v) is 3.99. The van der Waals surface area contributed by atoms with Gasteiger partial charge in [0.25, 0.3) is 0 Å². The first-order valence-corrected chi connectivity index (χ1v) is 7.35. The van der Waals surface area contributed by atoms with Crippen molar-refractivity contribution in [2.45, 2.75) is 32.4 Å². The molecule has 1 heterocycles. The number of benzene rings is 2. The molecule has 2 aromatic rings. The molecule has 2 N–H and O–H groups in total. The van der Waals surface area contributed by atoms with Gasteiger partial charge in [-0.05, 0) is 31.0 Å². The van der Waals surface area contributed by atoms with Gasteiger partial charge in [0.2, 0.25) is 5.91 Å². The first-order valence-electron chi connectivity index (χ1n) is 7.35. The maximum Gasteiger partial charge on any atom is 0.243 e. The molecule has 108 valence electrons. The zero-order valence-electron chi connectivity index (χ0n) is 12.4. The number of aryl methyl sites for hydroxylation is 1. The van der Waals surface area contributed by atoms with Gasteiger partial charge in [0.15, 0.2) is 0 Å². The lowest BCUT2D eigenvalue weighted by atomic mass is 10.0. The Labute approximate surface area is 125 Å². The fourth-order valence-electron chi connectivity index (χ4n) is 2.79. The molecule has 0 bridgehead atoms. The summed E-state index contributed by atoms with van der Waals surface area (Å²) in [5.41, 5.74) is 4.63. The van der Waals surface area contributed by atoms with Gasteiger partial charge in [-0.1, -0.05) is 48.0 Å². The SMILES string of the molecule is Cc1cccc([C@H](C)NC(=O)C2Cc3ccccc3N2)c1. The summed E-state index contributed by atoms with van der Waals surface area (Å²) in [7, 11) is 0. The Morgan fingerprint density at radius 2 is 2.05 bits per heavy atom. The number of rotatable bonds is 3. The lowest BCUT2D eigenvalue weighted by Crippen LogP contribution is -2.39. The summed E-state index contributed by atoms with van der Waals surface area (Å²) in [6, 6.07) is 16.2. The highest BCUT2D eigenvalue weighted by molar-refractivity contribution is 5.87. The molecule has 3 nitrogen and oxygen atoms in total. The third-order valence-electron chi connectivity index (χ3n) is 3.99. The van der Waals surface area contributed by atoms with Crippen molar-refractivity contribution < 1.29 is 4.79 Å². The second-order valence-corrected chi connectivity index (χ2v) is 5.70. The molecule has 2 atom stereocenters. The maximum absolute atomic E-state index is 12.4. The van der Waals surface area contributed by atoms with Crippen molar-refractivity contribution in [3.05, 3.63) is 65.2 Å². The van der Waals surface area contributed by atoms with E-state index in [1.54, 1.807) is 0 Å². The van der Waals surface area contributed by atoms with Crippen LogP contribution in [0.5, 0.6) is 0 Å². The largest absolute Gasteiger partial charge is 0.373 e. The molecule has 0 saturated heterocycles. The highest BCUT2D eigenvalue weighted by Crippen LogP contribution is 2.25. The van der Waals surface area contributed by atoms with Crippen LogP contribution in [0.1, 0.15) is 29.7 Å². The monoisotopic (exact) mass is 280 g/mol. The van der Waals surface area contributed by atoms with Crippen molar-refractivity contribution in [3.8, 4) is 0 Å². The van der Waals surface area contributed by atoms with E-state index >= 15 is 0 Å². The minimum atomic E-state index is -0.172. The number of fused-ring (bicyclic) bond motifs is 1. The predicted octanol–water partition coefficient (Wildman–Crippen LogP) is 3.21. The summed E-state index contributed by atoms with van der Waals surface area (Å²) in [6.45, 7) is 4.09. The average Bonchev–Trinajstić information content (AvgIpc) is 2.91. The summed E-state index contributed by atoms with van der Waals surface area (Å²) in [5, 5.41) is 6.39. The quantitative estimate of drug-likeness (QED) is 0.906. The second-order valence-electron chi connectivity index (χ2n) is 5.70. The van der Waals surface area contributed by atoms with E-state index in [1.165, 1.54) is 11.1 Å². The fourth-order valence-corrected chi connectivity index (χ4v) is 2.79. The number of carbonyl (C=O) groups excluding carboxylic acids is 1. The molecule has 0 fully saturated rings. The van der Waals surface area contributed by atoms with Gasteiger partial charge >= 0.3 is 0 Å². The molecular weight excluding hydrogens is 260 g/mol. The molecule has 0 spiro atoms. The van der Waals surface area contributed by atoms with E-state index in [4.69, 9.17) is 0 Å². The Morgan fingerprint density at radius 3 is 2.81 bits per heavy atom. The van der Waals surface area contributed by atoms with Crippen LogP contribution >= 0.6 is 0 Å². The van der Waals surface area contributed by atoms with Crippen LogP contribution in [0.4, 0.5) is 5.69 Å². The molecule has 0 aliphatic carbocycles. The molecule has 1 aliphatic rings. The average molecular weight is 280 g/mol. The Kier molecular flexibility index (Phi) is 3.65. The molecular formula is C18H20N2O. The van der Waals surface area contributed by atoms with E-state index in [0.717, 1.165) is 17.7 Å². The Balaban J connectivity index is 1.65. The molecule has 3 rings (SSSR count). The van der Waals surface area contributed by atoms with E-state index < -0.39 is 0 Å². The van der Waals surface area contributed by atoms with E-state index in [1.807, 2.05) is 31.2 Å². The molecule has 3 heteroatoms. The van der Waals surface area contributed by atoms with Crippen LogP contribution in [0.15, 0.2) is 48.5 Å². The molecule has 21 heavy (non-hydrogen) atoms. The highest BCUT2D eigenvalue weighted by Gasteiger charge is 2.27. The van der Waals surface area contributed by atoms with Crippen molar-refractivity contribution in [2.75, 3.05) is 5.32 Å². The van der Waals surface area contributed by atoms with Crippen LogP contribution < -0.4 is 10.6 Å². The van der Waals surface area contributed by atoms with Crippen molar-refractivity contribution in [1.29, 1.82) is 0 Å². The standard InChI is InChI=1S/C18H20N2O/c1-12-6-5-8-14(10-12)13(2)19-18(21)17-11-15-7-3-4-9-16(15)20-17/h3-10,13,17,20H,11H2,1-2H3,(H,19,21)/t13-,17?/m0/s1. The highest BCUT2D eigenvalue weighted by atomic mass is 16.2. The predicted molar refractivity (Wildman–Crippen MR) is 85.3 cm³/mol. The minimum Gasteiger partial charge on any atom is -0.373 e. The lowest BCUT2D eigenvalue weighted by molar-refractivity contribution is -0.122. The zero-order valence-corrected chi connectivity index (χ0v) is 12.4. The molecule has 0 saturated carbocycles. The number of nitrogens with one attached hydrogen (secondary N) is 2. The van der Waals surface area contributed by atoms with E-state index in [2.05, 4.69) is 41.8 Å². The van der Waals surface area contributed by atoms with E-state index in [-0.39, 0.29) is 18.0 Å². The first-order chi connectivity index (χ1) is 10.1. The first kappa shape index (κ1) is 13.7. The van der Waals surface area contributed by atoms with Gasteiger partial charge in [-0.25, -0.2) is 0 Å². The molecule has 0 radical (unpaired) electrons. The van der Waals surface area contributed by atoms with Crippen LogP contribution in [-0.4, -0.2) is 11.9 Å². The summed E-state index contributed by atoms with van der Waals surface area (Å²) >= 11 is 0. The molecule has 0 aromatic heterocycles. The van der Waals surface area contributed by atoms with Gasteiger partial charge < -0.3 is 10.6 Å². The summed E-state index contributed by atoms with van der Waals surface area (Å²) in [4.78, 5) is 12.4. The Bertz CT molecular complexity index is 641. The summed E-state index contributed by atoms with van der Waals surface area (Å²) in [6.07, 6.45) is 0.753. The van der Waals surface area contributed by atoms with E-state index in [9.17, 15) is 4.79 Å². The fraction of sp³-hybridized carbons (Fsp3) is 0.278. The number of anilines is 1. The third kappa shape index (κ3) is 2.92. The van der Waals surface area contributed by atoms with Crippen molar-refractivity contribution in [1.82, 2.24) is 5.32 Å². The number of hydrogen-bond acceptors (Lipinski definition) is 2. The number of carbonyl (C=O) groups is 1. The number of hydrogen-bond donors (Lipinski definition) is 2. The van der Waals surface area contributed by atoms with Crippen molar-refractivity contribution in [3.63, 3.8) is 0 Å². The van der Waals surface area contributed by atoms with Crippen molar-refractivity contribution in [2.24, 2.45) is 0 Å². The van der Waals surface area contributed by atoms with Gasteiger partial charge in [0.05, 0.1) is 6.04 Å². The molecule has 1 amide bonds. The van der Waals surface area contributed by atoms with Crippen LogP contribution in [0.3, 0.4) is 0 Å². The Hall–Kier alpha value is -2.29. The van der Waals surface area contributed by atoms with E-state index in [0.29, 0.717) is 0 Å². The molecule has 1 aliphatic heterocycles. The molecule has 1 unspecified atom stereocenters. The van der Waals surface area contributed by atoms with Gasteiger partial charge in [0.1, 0.15) is 6.04 Å². The van der Waals surface area contributed by atoms with Crippen LogP contribution in [0.25, 0.3) is 0 Å². The van der Waals surface area contributed by atoms with Crippen LogP contribution in [0.2, 0.25) is 0 Å². The number of para-hydroxylation sites is 1. The van der Waals surface area contributed by atoms with Gasteiger partial charge in [-0.15, -0.1) is 0 Å². The summed E-state index contributed by atoms with van der Waals surface area (Å²) < 4.78 is 0. The van der Waals surface area contributed by atoms with Crippen LogP contribution in [0, 0.1) is 6.92 Å². The lowest BCUT2D eigenvalue weighted by Gasteiger charge is -2.18. The minimum absolute atomic E-state index is 0.0166. The zero-order chi connectivity index (χ0) is 14.8. The normalized spacial score (nSPS) is 17.7. The van der Waals surface area contributed by atoms with Crippen molar-refractivity contribution >= 4 is 11.6 Å². The Morgan fingerprint density at radius 1 is 1.24 bits per heavy atom. The summed E-state index contributed by atoms with van der Waals surface area (Å²) in [5.74, 6) is 0.0557. The number of amides is 1.